The van der Waals surface area contributed by atoms with Crippen molar-refractivity contribution in [3.63, 3.8) is 0 Å². The summed E-state index contributed by atoms with van der Waals surface area (Å²) in [5.74, 6) is 0.571. The molecule has 0 aliphatic carbocycles. The average Bonchev–Trinajstić information content (AvgIpc) is 2.75. The van der Waals surface area contributed by atoms with Gasteiger partial charge in [-0.2, -0.15) is 0 Å². The van der Waals surface area contributed by atoms with Crippen LogP contribution in [0.15, 0.2) is 6.20 Å². The molecule has 0 saturated heterocycles. The van der Waals surface area contributed by atoms with E-state index in [0.29, 0.717) is 12.1 Å². The number of imidazole rings is 1. The van der Waals surface area contributed by atoms with Crippen molar-refractivity contribution in [2.24, 2.45) is 0 Å². The van der Waals surface area contributed by atoms with E-state index in [0.717, 1.165) is 18.7 Å². The molecule has 1 aromatic rings. The largest absolute Gasteiger partial charge is 0.391 e. The molecule has 1 aromatic heterocycles. The first-order valence-electron chi connectivity index (χ1n) is 5.67. The molecule has 5 heteroatoms. The maximum atomic E-state index is 11.6. The van der Waals surface area contributed by atoms with Crippen molar-refractivity contribution in [1.82, 2.24) is 15.3 Å². The summed E-state index contributed by atoms with van der Waals surface area (Å²) in [7, 11) is 0. The predicted molar refractivity (Wildman–Crippen MR) is 61.2 cm³/mol. The fraction of sp³-hybridized carbons (Fsp3) is 0.636. The molecule has 0 aromatic carbocycles. The Morgan fingerprint density at radius 2 is 2.38 bits per heavy atom. The number of carbonyl (C=O) groups is 1. The highest BCUT2D eigenvalue weighted by Crippen LogP contribution is 1.99. The molecule has 0 spiro atoms. The molecule has 1 amide bonds. The second-order valence-corrected chi connectivity index (χ2v) is 3.75. The van der Waals surface area contributed by atoms with Gasteiger partial charge in [-0.05, 0) is 6.42 Å². The Kier molecular flexibility index (Phi) is 4.98. The normalized spacial score (nSPS) is 12.4. The molecular formula is C11H19N3O2. The number of aromatic nitrogens is 2. The van der Waals surface area contributed by atoms with Gasteiger partial charge in [-0.25, -0.2) is 4.98 Å². The Morgan fingerprint density at radius 3 is 2.94 bits per heavy atom. The zero-order chi connectivity index (χ0) is 12.0. The molecule has 0 aliphatic rings. The molecular weight excluding hydrogens is 206 g/mol. The second-order valence-electron chi connectivity index (χ2n) is 3.75. The molecule has 1 heterocycles. The fourth-order valence-corrected chi connectivity index (χ4v) is 1.40. The number of carbonyl (C=O) groups excluding carboxylic acids is 1. The van der Waals surface area contributed by atoms with Gasteiger partial charge < -0.3 is 15.4 Å². The van der Waals surface area contributed by atoms with Gasteiger partial charge in [0.05, 0.1) is 12.3 Å². The number of aryl methyl sites for hydroxylation is 1. The number of amides is 1. The summed E-state index contributed by atoms with van der Waals surface area (Å²) in [6, 6.07) is 0. The third kappa shape index (κ3) is 3.66. The van der Waals surface area contributed by atoms with E-state index in [1.54, 1.807) is 0 Å². The van der Waals surface area contributed by atoms with Gasteiger partial charge in [0.2, 0.25) is 0 Å². The Hall–Kier alpha value is -1.36. The van der Waals surface area contributed by atoms with E-state index in [-0.39, 0.29) is 12.5 Å². The van der Waals surface area contributed by atoms with Gasteiger partial charge in [0.25, 0.3) is 5.91 Å². The first-order chi connectivity index (χ1) is 7.67. The van der Waals surface area contributed by atoms with Gasteiger partial charge in [-0.3, -0.25) is 4.79 Å². The highest BCUT2D eigenvalue weighted by Gasteiger charge is 2.10. The molecule has 1 unspecified atom stereocenters. The molecule has 0 saturated carbocycles. The van der Waals surface area contributed by atoms with Crippen LogP contribution in [-0.2, 0) is 6.42 Å². The molecule has 5 nitrogen and oxygen atoms in total. The lowest BCUT2D eigenvalue weighted by Crippen LogP contribution is -2.32. The van der Waals surface area contributed by atoms with E-state index in [4.69, 9.17) is 0 Å². The minimum absolute atomic E-state index is 0.220. The fourth-order valence-electron chi connectivity index (χ4n) is 1.40. The maximum absolute atomic E-state index is 11.6. The number of nitrogens with zero attached hydrogens (tertiary/aromatic N) is 1. The summed E-state index contributed by atoms with van der Waals surface area (Å²) in [6.45, 7) is 4.24. The number of rotatable bonds is 6. The molecule has 0 aliphatic heterocycles. The Morgan fingerprint density at radius 1 is 1.62 bits per heavy atom. The summed E-state index contributed by atoms with van der Waals surface area (Å²) in [5.41, 5.74) is 0.445. The van der Waals surface area contributed by atoms with Crippen LogP contribution in [0, 0.1) is 0 Å². The number of nitrogens with one attached hydrogen (secondary N) is 2. The van der Waals surface area contributed by atoms with Gasteiger partial charge in [-0.15, -0.1) is 0 Å². The smallest absolute Gasteiger partial charge is 0.269 e. The summed E-state index contributed by atoms with van der Waals surface area (Å²) >= 11 is 0. The number of hydrogen-bond donors (Lipinski definition) is 3. The highest BCUT2D eigenvalue weighted by atomic mass is 16.3. The van der Waals surface area contributed by atoms with Gasteiger partial charge >= 0.3 is 0 Å². The lowest BCUT2D eigenvalue weighted by atomic mass is 10.2. The van der Waals surface area contributed by atoms with Crippen LogP contribution < -0.4 is 5.32 Å². The minimum atomic E-state index is -0.470. The molecule has 90 valence electrons. The Labute approximate surface area is 95.3 Å². The molecule has 1 rings (SSSR count). The first kappa shape index (κ1) is 12.7. The lowest BCUT2D eigenvalue weighted by Gasteiger charge is -2.09. The van der Waals surface area contributed by atoms with E-state index in [2.05, 4.69) is 15.3 Å². The van der Waals surface area contributed by atoms with Crippen molar-refractivity contribution >= 4 is 5.91 Å². The number of hydrogen-bond acceptors (Lipinski definition) is 3. The third-order valence-corrected chi connectivity index (χ3v) is 2.33. The Bertz CT molecular complexity index is 336. The standard InChI is InChI=1S/C11H19N3O2/c1-3-5-8(15)6-13-11(16)9-7-12-10(4-2)14-9/h7-8,15H,3-6H2,1-2H3,(H,12,14)(H,13,16). The molecule has 1 atom stereocenters. The SMILES string of the molecule is CCCC(O)CNC(=O)c1cnc(CC)[nH]1. The van der Waals surface area contributed by atoms with E-state index < -0.39 is 6.10 Å². The molecule has 16 heavy (non-hydrogen) atoms. The second kappa shape index (κ2) is 6.27. The van der Waals surface area contributed by atoms with Crippen molar-refractivity contribution in [2.75, 3.05) is 6.54 Å². The van der Waals surface area contributed by atoms with Crippen LogP contribution >= 0.6 is 0 Å². The Balaban J connectivity index is 2.40. The van der Waals surface area contributed by atoms with E-state index >= 15 is 0 Å². The van der Waals surface area contributed by atoms with Crippen LogP contribution in [0.3, 0.4) is 0 Å². The lowest BCUT2D eigenvalue weighted by molar-refractivity contribution is 0.0905. The number of H-pyrrole nitrogens is 1. The van der Waals surface area contributed by atoms with Crippen LogP contribution in [0.5, 0.6) is 0 Å². The van der Waals surface area contributed by atoms with E-state index in [9.17, 15) is 9.90 Å². The van der Waals surface area contributed by atoms with Gasteiger partial charge in [0, 0.05) is 13.0 Å². The van der Waals surface area contributed by atoms with Gasteiger partial charge in [0.1, 0.15) is 11.5 Å². The van der Waals surface area contributed by atoms with Crippen LogP contribution in [0.1, 0.15) is 43.0 Å². The molecule has 0 radical (unpaired) electrons. The minimum Gasteiger partial charge on any atom is -0.391 e. The molecule has 0 fully saturated rings. The van der Waals surface area contributed by atoms with Crippen LogP contribution in [0.4, 0.5) is 0 Å². The third-order valence-electron chi connectivity index (χ3n) is 2.33. The predicted octanol–water partition coefficient (Wildman–Crippen LogP) is 0.863. The summed E-state index contributed by atoms with van der Waals surface area (Å²) in [4.78, 5) is 18.5. The van der Waals surface area contributed by atoms with Crippen LogP contribution in [-0.4, -0.2) is 33.6 Å². The molecule has 3 N–H and O–H groups in total. The zero-order valence-corrected chi connectivity index (χ0v) is 9.79. The van der Waals surface area contributed by atoms with E-state index in [1.807, 2.05) is 13.8 Å². The zero-order valence-electron chi connectivity index (χ0n) is 9.79. The van der Waals surface area contributed by atoms with Crippen LogP contribution in [0.25, 0.3) is 0 Å². The van der Waals surface area contributed by atoms with Crippen molar-refractivity contribution in [2.45, 2.75) is 39.2 Å². The quantitative estimate of drug-likeness (QED) is 0.672. The van der Waals surface area contributed by atoms with Crippen molar-refractivity contribution in [3.05, 3.63) is 17.7 Å². The maximum Gasteiger partial charge on any atom is 0.269 e. The van der Waals surface area contributed by atoms with Gasteiger partial charge in [0.15, 0.2) is 0 Å². The summed E-state index contributed by atoms with van der Waals surface area (Å²) < 4.78 is 0. The number of aliphatic hydroxyl groups is 1. The van der Waals surface area contributed by atoms with E-state index in [1.165, 1.54) is 6.20 Å². The first-order valence-corrected chi connectivity index (χ1v) is 5.67. The number of aromatic amines is 1. The summed E-state index contributed by atoms with van der Waals surface area (Å²) in [5, 5.41) is 12.1. The average molecular weight is 225 g/mol. The monoisotopic (exact) mass is 225 g/mol. The topological polar surface area (TPSA) is 78.0 Å². The van der Waals surface area contributed by atoms with Crippen molar-refractivity contribution in [3.8, 4) is 0 Å². The summed E-state index contributed by atoms with van der Waals surface area (Å²) in [6.07, 6.45) is 3.42. The highest BCUT2D eigenvalue weighted by molar-refractivity contribution is 5.92. The van der Waals surface area contributed by atoms with Gasteiger partial charge in [-0.1, -0.05) is 20.3 Å². The molecule has 0 bridgehead atoms. The van der Waals surface area contributed by atoms with Crippen molar-refractivity contribution in [1.29, 1.82) is 0 Å². The number of aliphatic hydroxyl groups excluding tert-OH is 1. The van der Waals surface area contributed by atoms with Crippen LogP contribution in [0.2, 0.25) is 0 Å². The van der Waals surface area contributed by atoms with Crippen molar-refractivity contribution < 1.29 is 9.90 Å².